The molecular formula is C24H43N3O2. The summed E-state index contributed by atoms with van der Waals surface area (Å²) in [5.41, 5.74) is 0.374. The van der Waals surface area contributed by atoms with Crippen molar-refractivity contribution in [3.8, 4) is 0 Å². The molecule has 2 heterocycles. The van der Waals surface area contributed by atoms with Gasteiger partial charge in [-0.25, -0.2) is 0 Å². The van der Waals surface area contributed by atoms with E-state index in [4.69, 9.17) is 0 Å². The molecule has 2 atom stereocenters. The number of piperazine rings is 1. The fourth-order valence-corrected chi connectivity index (χ4v) is 6.15. The van der Waals surface area contributed by atoms with Gasteiger partial charge >= 0.3 is 0 Å². The first kappa shape index (κ1) is 22.6. The zero-order chi connectivity index (χ0) is 21.0. The average Bonchev–Trinajstić information content (AvgIpc) is 2.67. The highest BCUT2D eigenvalue weighted by molar-refractivity contribution is 5.77. The van der Waals surface area contributed by atoms with Crippen LogP contribution in [0.15, 0.2) is 0 Å². The van der Waals surface area contributed by atoms with E-state index in [0.717, 1.165) is 71.0 Å². The summed E-state index contributed by atoms with van der Waals surface area (Å²) in [5, 5.41) is 0. The number of likely N-dealkylation sites (tertiary alicyclic amines) is 1. The second kappa shape index (κ2) is 9.80. The van der Waals surface area contributed by atoms with E-state index in [-0.39, 0.29) is 0 Å². The summed E-state index contributed by atoms with van der Waals surface area (Å²) < 4.78 is 0. The Morgan fingerprint density at radius 1 is 0.828 bits per heavy atom. The standard InChI is InChI=1S/C24H43N3O2/c1-5-25-10-12-27(13-11-25)22(28)15-20-6-8-26(9-7-20)23(29)16-21-14-19(2)17-24(3,4)18-21/h19-21H,5-18H2,1-4H3. The lowest BCUT2D eigenvalue weighted by Crippen LogP contribution is -2.49. The minimum absolute atomic E-state index is 0.323. The van der Waals surface area contributed by atoms with Crippen molar-refractivity contribution < 1.29 is 9.59 Å². The zero-order valence-corrected chi connectivity index (χ0v) is 19.3. The quantitative estimate of drug-likeness (QED) is 0.701. The fourth-order valence-electron chi connectivity index (χ4n) is 6.15. The lowest BCUT2D eigenvalue weighted by Gasteiger charge is -2.40. The van der Waals surface area contributed by atoms with Gasteiger partial charge in [-0.3, -0.25) is 9.59 Å². The Morgan fingerprint density at radius 3 is 1.93 bits per heavy atom. The van der Waals surface area contributed by atoms with Gasteiger partial charge < -0.3 is 14.7 Å². The molecule has 0 aromatic rings. The van der Waals surface area contributed by atoms with Crippen molar-refractivity contribution in [3.63, 3.8) is 0 Å². The molecule has 5 heteroatoms. The Morgan fingerprint density at radius 2 is 1.38 bits per heavy atom. The molecule has 5 nitrogen and oxygen atoms in total. The summed E-state index contributed by atoms with van der Waals surface area (Å²) in [4.78, 5) is 32.1. The Hall–Kier alpha value is -1.10. The molecule has 0 aromatic carbocycles. The first-order valence-electron chi connectivity index (χ1n) is 12.0. The van der Waals surface area contributed by atoms with Gasteiger partial charge in [-0.2, -0.15) is 0 Å². The number of nitrogens with zero attached hydrogens (tertiary/aromatic N) is 3. The van der Waals surface area contributed by atoms with E-state index < -0.39 is 0 Å². The van der Waals surface area contributed by atoms with Gasteiger partial charge in [0.15, 0.2) is 0 Å². The van der Waals surface area contributed by atoms with E-state index in [2.05, 4.69) is 42.4 Å². The number of carbonyl (C=O) groups excluding carboxylic acids is 2. The normalized spacial score (nSPS) is 29.1. The van der Waals surface area contributed by atoms with E-state index >= 15 is 0 Å². The molecule has 0 N–H and O–H groups in total. The molecule has 2 amide bonds. The third-order valence-corrected chi connectivity index (χ3v) is 7.54. The Bertz CT molecular complexity index is 560. The molecule has 166 valence electrons. The SMILES string of the molecule is CCN1CCN(C(=O)CC2CCN(C(=O)CC3CC(C)CC(C)(C)C3)CC2)CC1. The monoisotopic (exact) mass is 405 g/mol. The van der Waals surface area contributed by atoms with Crippen molar-refractivity contribution in [2.75, 3.05) is 45.8 Å². The van der Waals surface area contributed by atoms with E-state index in [1.807, 2.05) is 0 Å². The van der Waals surface area contributed by atoms with Gasteiger partial charge in [0.2, 0.25) is 11.8 Å². The number of likely N-dealkylation sites (N-methyl/N-ethyl adjacent to an activating group) is 1. The molecule has 3 rings (SSSR count). The molecule has 29 heavy (non-hydrogen) atoms. The van der Waals surface area contributed by atoms with Crippen LogP contribution in [0.2, 0.25) is 0 Å². The average molecular weight is 406 g/mol. The van der Waals surface area contributed by atoms with Crippen LogP contribution >= 0.6 is 0 Å². The zero-order valence-electron chi connectivity index (χ0n) is 19.3. The second-order valence-electron chi connectivity index (χ2n) is 10.8. The van der Waals surface area contributed by atoms with Gasteiger partial charge in [0.1, 0.15) is 0 Å². The van der Waals surface area contributed by atoms with Crippen molar-refractivity contribution in [1.82, 2.24) is 14.7 Å². The van der Waals surface area contributed by atoms with Gasteiger partial charge in [-0.05, 0) is 61.8 Å². The van der Waals surface area contributed by atoms with Crippen LogP contribution in [0, 0.1) is 23.2 Å². The smallest absolute Gasteiger partial charge is 0.222 e. The fraction of sp³-hybridized carbons (Fsp3) is 0.917. The van der Waals surface area contributed by atoms with Crippen LogP contribution in [-0.4, -0.2) is 72.3 Å². The lowest BCUT2D eigenvalue weighted by atomic mass is 9.67. The van der Waals surface area contributed by atoms with Crippen molar-refractivity contribution in [2.45, 2.75) is 72.6 Å². The largest absolute Gasteiger partial charge is 0.343 e. The molecular weight excluding hydrogens is 362 g/mol. The third kappa shape index (κ3) is 6.44. The highest BCUT2D eigenvalue weighted by atomic mass is 16.2. The van der Waals surface area contributed by atoms with Crippen molar-refractivity contribution in [3.05, 3.63) is 0 Å². The van der Waals surface area contributed by atoms with Gasteiger partial charge in [-0.15, -0.1) is 0 Å². The number of carbonyl (C=O) groups is 2. The Balaban J connectivity index is 1.38. The van der Waals surface area contributed by atoms with Crippen LogP contribution < -0.4 is 0 Å². The van der Waals surface area contributed by atoms with Crippen molar-refractivity contribution >= 4 is 11.8 Å². The summed E-state index contributed by atoms with van der Waals surface area (Å²) in [7, 11) is 0. The second-order valence-corrected chi connectivity index (χ2v) is 10.8. The molecule has 3 aliphatic rings. The van der Waals surface area contributed by atoms with Crippen LogP contribution in [0.5, 0.6) is 0 Å². The van der Waals surface area contributed by atoms with Crippen molar-refractivity contribution in [1.29, 1.82) is 0 Å². The third-order valence-electron chi connectivity index (χ3n) is 7.54. The maximum Gasteiger partial charge on any atom is 0.222 e. The van der Waals surface area contributed by atoms with Gasteiger partial charge in [0.25, 0.3) is 0 Å². The number of hydrogen-bond donors (Lipinski definition) is 0. The highest BCUT2D eigenvalue weighted by Crippen LogP contribution is 2.43. The molecule has 1 saturated carbocycles. The van der Waals surface area contributed by atoms with Crippen molar-refractivity contribution in [2.24, 2.45) is 23.2 Å². The minimum atomic E-state index is 0.323. The first-order valence-corrected chi connectivity index (χ1v) is 12.0. The van der Waals surface area contributed by atoms with Crippen LogP contribution in [-0.2, 0) is 9.59 Å². The molecule has 2 unspecified atom stereocenters. The predicted octanol–water partition coefficient (Wildman–Crippen LogP) is 3.63. The van der Waals surface area contributed by atoms with Crippen LogP contribution in [0.4, 0.5) is 0 Å². The maximum atomic E-state index is 12.9. The summed E-state index contributed by atoms with van der Waals surface area (Å²) in [5.74, 6) is 2.39. The van der Waals surface area contributed by atoms with E-state index in [1.165, 1.54) is 19.3 Å². The maximum absolute atomic E-state index is 12.9. The van der Waals surface area contributed by atoms with Gasteiger partial charge in [-0.1, -0.05) is 27.7 Å². The summed E-state index contributed by atoms with van der Waals surface area (Å²) in [6.45, 7) is 15.7. The molecule has 3 fully saturated rings. The predicted molar refractivity (Wildman–Crippen MR) is 118 cm³/mol. The summed E-state index contributed by atoms with van der Waals surface area (Å²) >= 11 is 0. The Kier molecular flexibility index (Phi) is 7.63. The minimum Gasteiger partial charge on any atom is -0.343 e. The molecule has 0 aromatic heterocycles. The van der Waals surface area contributed by atoms with E-state index in [1.54, 1.807) is 0 Å². The van der Waals surface area contributed by atoms with Crippen LogP contribution in [0.1, 0.15) is 72.6 Å². The number of rotatable bonds is 5. The highest BCUT2D eigenvalue weighted by Gasteiger charge is 2.34. The number of piperidine rings is 1. The van der Waals surface area contributed by atoms with Crippen LogP contribution in [0.25, 0.3) is 0 Å². The van der Waals surface area contributed by atoms with Crippen LogP contribution in [0.3, 0.4) is 0 Å². The number of hydrogen-bond acceptors (Lipinski definition) is 3. The summed E-state index contributed by atoms with van der Waals surface area (Å²) in [6, 6.07) is 0. The van der Waals surface area contributed by atoms with Gasteiger partial charge in [0.05, 0.1) is 0 Å². The molecule has 2 aliphatic heterocycles. The number of amides is 2. The van der Waals surface area contributed by atoms with Gasteiger partial charge in [0, 0.05) is 52.1 Å². The Labute approximate surface area is 178 Å². The molecule has 2 saturated heterocycles. The summed E-state index contributed by atoms with van der Waals surface area (Å²) in [6.07, 6.45) is 7.02. The molecule has 0 radical (unpaired) electrons. The lowest BCUT2D eigenvalue weighted by molar-refractivity contribution is -0.135. The van der Waals surface area contributed by atoms with E-state index in [0.29, 0.717) is 35.5 Å². The molecule has 0 bridgehead atoms. The first-order chi connectivity index (χ1) is 13.8. The molecule has 0 spiro atoms. The van der Waals surface area contributed by atoms with E-state index in [9.17, 15) is 9.59 Å². The topological polar surface area (TPSA) is 43.9 Å². The molecule has 1 aliphatic carbocycles.